The van der Waals surface area contributed by atoms with Crippen molar-refractivity contribution in [3.63, 3.8) is 0 Å². The molecule has 8 heteroatoms. The van der Waals surface area contributed by atoms with E-state index < -0.39 is 15.9 Å². The van der Waals surface area contributed by atoms with Crippen molar-refractivity contribution in [1.29, 1.82) is 0 Å². The van der Waals surface area contributed by atoms with E-state index in [1.807, 2.05) is 6.07 Å². The fraction of sp³-hybridized carbons (Fsp3) is 0.0500. The lowest BCUT2D eigenvalue weighted by Gasteiger charge is -2.11. The van der Waals surface area contributed by atoms with Crippen LogP contribution in [0.25, 0.3) is 0 Å². The number of ether oxygens (including phenoxy) is 1. The maximum absolute atomic E-state index is 12.7. The number of para-hydroxylation sites is 1. The van der Waals surface area contributed by atoms with Gasteiger partial charge >= 0.3 is 0 Å². The average molecular weight is 461 g/mol. The third-order valence-corrected chi connectivity index (χ3v) is 5.84. The van der Waals surface area contributed by atoms with Gasteiger partial charge in [-0.15, -0.1) is 0 Å². The van der Waals surface area contributed by atoms with Crippen molar-refractivity contribution in [1.82, 2.24) is 0 Å². The minimum Gasteiger partial charge on any atom is -0.496 e. The number of halogens is 1. The molecule has 0 spiro atoms. The molecule has 3 aromatic rings. The summed E-state index contributed by atoms with van der Waals surface area (Å²) in [4.78, 5) is 12.4. The molecule has 0 atom stereocenters. The Morgan fingerprint density at radius 2 is 1.68 bits per heavy atom. The predicted molar refractivity (Wildman–Crippen MR) is 112 cm³/mol. The van der Waals surface area contributed by atoms with Crippen molar-refractivity contribution in [3.8, 4) is 5.75 Å². The quantitative estimate of drug-likeness (QED) is 0.566. The van der Waals surface area contributed by atoms with Gasteiger partial charge in [-0.1, -0.05) is 24.3 Å². The lowest BCUT2D eigenvalue weighted by atomic mass is 10.2. The molecule has 0 bridgehead atoms. The minimum absolute atomic E-state index is 0.0137. The van der Waals surface area contributed by atoms with Crippen LogP contribution in [-0.4, -0.2) is 21.4 Å². The molecule has 0 saturated carbocycles. The van der Waals surface area contributed by atoms with E-state index in [1.165, 1.54) is 25.3 Å². The molecule has 0 saturated heterocycles. The zero-order valence-electron chi connectivity index (χ0n) is 14.8. The van der Waals surface area contributed by atoms with Crippen molar-refractivity contribution in [2.24, 2.45) is 0 Å². The smallest absolute Gasteiger partial charge is 0.261 e. The maximum atomic E-state index is 12.7. The molecule has 0 aliphatic carbocycles. The molecular weight excluding hydrogens is 444 g/mol. The van der Waals surface area contributed by atoms with Gasteiger partial charge < -0.3 is 10.1 Å². The van der Waals surface area contributed by atoms with Crippen LogP contribution in [-0.2, 0) is 10.0 Å². The van der Waals surface area contributed by atoms with E-state index >= 15 is 0 Å². The monoisotopic (exact) mass is 460 g/mol. The van der Waals surface area contributed by atoms with E-state index in [-0.39, 0.29) is 10.5 Å². The number of carbonyl (C=O) groups excluding carboxylic acids is 1. The lowest BCUT2D eigenvalue weighted by molar-refractivity contribution is 0.102. The minimum atomic E-state index is -3.87. The Morgan fingerprint density at radius 1 is 0.929 bits per heavy atom. The molecule has 0 aliphatic heterocycles. The van der Waals surface area contributed by atoms with Gasteiger partial charge in [-0.25, -0.2) is 8.42 Å². The van der Waals surface area contributed by atoms with Gasteiger partial charge in [-0.2, -0.15) is 0 Å². The molecule has 0 aliphatic rings. The Kier molecular flexibility index (Phi) is 6.01. The first-order chi connectivity index (χ1) is 13.4. The molecule has 0 unspecified atom stereocenters. The first-order valence-electron chi connectivity index (χ1n) is 8.22. The van der Waals surface area contributed by atoms with Gasteiger partial charge in [0.05, 0.1) is 22.2 Å². The predicted octanol–water partition coefficient (Wildman–Crippen LogP) is 4.51. The van der Waals surface area contributed by atoms with E-state index in [0.29, 0.717) is 21.6 Å². The number of carbonyl (C=O) groups is 1. The average Bonchev–Trinajstić information content (AvgIpc) is 2.69. The molecule has 144 valence electrons. The number of nitrogens with one attached hydrogen (secondary N) is 2. The Bertz CT molecular complexity index is 1100. The number of hydrogen-bond acceptors (Lipinski definition) is 4. The van der Waals surface area contributed by atoms with Gasteiger partial charge in [0.2, 0.25) is 0 Å². The second-order valence-corrected chi connectivity index (χ2v) is 8.34. The highest BCUT2D eigenvalue weighted by Crippen LogP contribution is 2.29. The normalized spacial score (nSPS) is 10.9. The van der Waals surface area contributed by atoms with Crippen molar-refractivity contribution in [3.05, 3.63) is 82.8 Å². The van der Waals surface area contributed by atoms with Crippen molar-refractivity contribution in [2.75, 3.05) is 17.1 Å². The van der Waals surface area contributed by atoms with Crippen LogP contribution in [0.5, 0.6) is 5.75 Å². The summed E-state index contributed by atoms with van der Waals surface area (Å²) in [5.41, 5.74) is 1.23. The topological polar surface area (TPSA) is 84.5 Å². The van der Waals surface area contributed by atoms with Gasteiger partial charge in [0, 0.05) is 11.3 Å². The molecule has 0 fully saturated rings. The second-order valence-electron chi connectivity index (χ2n) is 5.80. The molecule has 2 N–H and O–H groups in total. The van der Waals surface area contributed by atoms with Crippen LogP contribution in [0.1, 0.15) is 10.4 Å². The maximum Gasteiger partial charge on any atom is 0.261 e. The largest absolute Gasteiger partial charge is 0.496 e. The van der Waals surface area contributed by atoms with Crippen LogP contribution < -0.4 is 14.8 Å². The number of rotatable bonds is 6. The van der Waals surface area contributed by atoms with Crippen LogP contribution in [0, 0.1) is 0 Å². The third kappa shape index (κ3) is 4.71. The van der Waals surface area contributed by atoms with Crippen LogP contribution in [0.4, 0.5) is 11.4 Å². The summed E-state index contributed by atoms with van der Waals surface area (Å²) in [5, 5.41) is 2.73. The first-order valence-corrected chi connectivity index (χ1v) is 10.5. The molecular formula is C20H17BrN2O4S. The molecule has 1 amide bonds. The number of hydrogen-bond donors (Lipinski definition) is 2. The Balaban J connectivity index is 1.82. The Labute approximate surface area is 171 Å². The molecule has 0 heterocycles. The fourth-order valence-electron chi connectivity index (χ4n) is 2.47. The zero-order chi connectivity index (χ0) is 20.1. The van der Waals surface area contributed by atoms with E-state index in [1.54, 1.807) is 48.5 Å². The third-order valence-electron chi connectivity index (χ3n) is 3.84. The molecule has 3 aromatic carbocycles. The highest BCUT2D eigenvalue weighted by molar-refractivity contribution is 9.10. The fourth-order valence-corrected chi connectivity index (χ4v) is 4.11. The lowest BCUT2D eigenvalue weighted by Crippen LogP contribution is -2.16. The van der Waals surface area contributed by atoms with Gasteiger partial charge in [0.25, 0.3) is 15.9 Å². The SMILES string of the molecule is COc1ccc(NS(=O)(=O)c2cccc(C(=O)Nc3ccccc3)c2)cc1Br. The van der Waals surface area contributed by atoms with E-state index in [0.717, 1.165) is 0 Å². The summed E-state index contributed by atoms with van der Waals surface area (Å²) in [5.74, 6) is 0.193. The summed E-state index contributed by atoms with van der Waals surface area (Å²) < 4.78 is 33.7. The van der Waals surface area contributed by atoms with Crippen LogP contribution >= 0.6 is 15.9 Å². The summed E-state index contributed by atoms with van der Waals surface area (Å²) in [7, 11) is -2.35. The van der Waals surface area contributed by atoms with E-state index in [2.05, 4.69) is 26.0 Å². The molecule has 3 rings (SSSR count). The number of sulfonamides is 1. The van der Waals surface area contributed by atoms with E-state index in [9.17, 15) is 13.2 Å². The summed E-state index contributed by atoms with van der Waals surface area (Å²) in [6.07, 6.45) is 0. The number of benzene rings is 3. The van der Waals surface area contributed by atoms with E-state index in [4.69, 9.17) is 4.74 Å². The van der Waals surface area contributed by atoms with Gasteiger partial charge in [-0.3, -0.25) is 9.52 Å². The van der Waals surface area contributed by atoms with Gasteiger partial charge in [0.15, 0.2) is 0 Å². The molecule has 0 radical (unpaired) electrons. The van der Waals surface area contributed by atoms with Gasteiger partial charge in [0.1, 0.15) is 5.75 Å². The van der Waals surface area contributed by atoms with Gasteiger partial charge in [-0.05, 0) is 64.5 Å². The summed E-state index contributed by atoms with van der Waals surface area (Å²) in [6.45, 7) is 0. The molecule has 28 heavy (non-hydrogen) atoms. The number of anilines is 2. The van der Waals surface area contributed by atoms with Crippen molar-refractivity contribution in [2.45, 2.75) is 4.90 Å². The van der Waals surface area contributed by atoms with Crippen LogP contribution in [0.2, 0.25) is 0 Å². The first kappa shape index (κ1) is 19.9. The van der Waals surface area contributed by atoms with Crippen LogP contribution in [0.15, 0.2) is 82.2 Å². The summed E-state index contributed by atoms with van der Waals surface area (Å²) in [6, 6.07) is 19.6. The standard InChI is InChI=1S/C20H17BrN2O4S/c1-27-19-11-10-16(13-18(19)21)23-28(25,26)17-9-5-6-14(12-17)20(24)22-15-7-3-2-4-8-15/h2-13,23H,1H3,(H,22,24). The highest BCUT2D eigenvalue weighted by atomic mass is 79.9. The Hall–Kier alpha value is -2.84. The molecule has 6 nitrogen and oxygen atoms in total. The zero-order valence-corrected chi connectivity index (χ0v) is 17.2. The highest BCUT2D eigenvalue weighted by Gasteiger charge is 2.17. The molecule has 0 aromatic heterocycles. The van der Waals surface area contributed by atoms with Crippen molar-refractivity contribution < 1.29 is 17.9 Å². The Morgan fingerprint density at radius 3 is 2.36 bits per heavy atom. The number of methoxy groups -OCH3 is 1. The number of amides is 1. The van der Waals surface area contributed by atoms with Crippen LogP contribution in [0.3, 0.4) is 0 Å². The second kappa shape index (κ2) is 8.45. The summed E-state index contributed by atoms with van der Waals surface area (Å²) >= 11 is 3.32. The van der Waals surface area contributed by atoms with Crippen molar-refractivity contribution >= 4 is 43.2 Å².